The van der Waals surface area contributed by atoms with Crippen molar-refractivity contribution in [1.29, 1.82) is 0 Å². The maximum absolute atomic E-state index is 13.7. The number of H-pyrrole nitrogens is 1. The molecule has 1 fully saturated rings. The van der Waals surface area contributed by atoms with Gasteiger partial charge in [-0.3, -0.25) is 9.59 Å². The first-order valence-electron chi connectivity index (χ1n) is 7.13. The Balaban J connectivity index is 1.63. The number of amides is 2. The molecule has 1 aliphatic heterocycles. The molecule has 0 radical (unpaired) electrons. The smallest absolute Gasteiger partial charge is 0.270 e. The Labute approximate surface area is 127 Å². The van der Waals surface area contributed by atoms with E-state index in [1.807, 2.05) is 0 Å². The summed E-state index contributed by atoms with van der Waals surface area (Å²) in [6, 6.07) is 9.44. The van der Waals surface area contributed by atoms with Gasteiger partial charge in [-0.1, -0.05) is 12.1 Å². The second kappa shape index (κ2) is 6.01. The van der Waals surface area contributed by atoms with Crippen molar-refractivity contribution in [3.05, 3.63) is 59.7 Å². The summed E-state index contributed by atoms with van der Waals surface area (Å²) in [5, 5.41) is 0. The third kappa shape index (κ3) is 2.72. The van der Waals surface area contributed by atoms with E-state index in [0.717, 1.165) is 0 Å². The van der Waals surface area contributed by atoms with Gasteiger partial charge in [-0.05, 0) is 24.3 Å². The summed E-state index contributed by atoms with van der Waals surface area (Å²) in [5.74, 6) is -0.926. The molecule has 2 aromatic rings. The Hall–Kier alpha value is -2.63. The number of benzene rings is 1. The molecule has 0 unspecified atom stereocenters. The third-order valence-corrected chi connectivity index (χ3v) is 3.79. The van der Waals surface area contributed by atoms with Gasteiger partial charge in [0.2, 0.25) is 0 Å². The Morgan fingerprint density at radius 3 is 2.14 bits per heavy atom. The number of nitrogens with zero attached hydrogens (tertiary/aromatic N) is 2. The van der Waals surface area contributed by atoms with Gasteiger partial charge in [0, 0.05) is 32.4 Å². The van der Waals surface area contributed by atoms with E-state index in [-0.39, 0.29) is 17.4 Å². The van der Waals surface area contributed by atoms with Crippen LogP contribution >= 0.6 is 0 Å². The minimum absolute atomic E-state index is 0.0756. The molecule has 3 rings (SSSR count). The third-order valence-electron chi connectivity index (χ3n) is 3.79. The van der Waals surface area contributed by atoms with Crippen LogP contribution in [0.4, 0.5) is 4.39 Å². The van der Waals surface area contributed by atoms with Crippen LogP contribution in [0.5, 0.6) is 0 Å². The first kappa shape index (κ1) is 14.3. The van der Waals surface area contributed by atoms with Crippen molar-refractivity contribution < 1.29 is 14.0 Å². The number of nitrogens with one attached hydrogen (secondary N) is 1. The standard InChI is InChI=1S/C16H16FN3O2/c17-13-5-2-1-4-12(13)15(21)19-8-10-20(11-9-19)16(22)14-6-3-7-18-14/h1-7,18H,8-11H2. The Morgan fingerprint density at radius 1 is 0.909 bits per heavy atom. The van der Waals surface area contributed by atoms with Crippen LogP contribution in [0.2, 0.25) is 0 Å². The second-order valence-electron chi connectivity index (χ2n) is 5.15. The van der Waals surface area contributed by atoms with E-state index in [1.54, 1.807) is 40.3 Å². The molecule has 0 aliphatic carbocycles. The van der Waals surface area contributed by atoms with Gasteiger partial charge in [-0.15, -0.1) is 0 Å². The predicted octanol–water partition coefficient (Wildman–Crippen LogP) is 1.75. The highest BCUT2D eigenvalue weighted by Gasteiger charge is 2.26. The zero-order valence-corrected chi connectivity index (χ0v) is 12.0. The van der Waals surface area contributed by atoms with Gasteiger partial charge in [-0.2, -0.15) is 0 Å². The highest BCUT2D eigenvalue weighted by atomic mass is 19.1. The second-order valence-corrected chi connectivity index (χ2v) is 5.15. The number of hydrogen-bond acceptors (Lipinski definition) is 2. The van der Waals surface area contributed by atoms with E-state index in [2.05, 4.69) is 4.98 Å². The van der Waals surface area contributed by atoms with Gasteiger partial charge >= 0.3 is 0 Å². The van der Waals surface area contributed by atoms with Gasteiger partial charge in [-0.25, -0.2) is 4.39 Å². The molecule has 1 aliphatic rings. The lowest BCUT2D eigenvalue weighted by atomic mass is 10.1. The molecular formula is C16H16FN3O2. The summed E-state index contributed by atoms with van der Waals surface area (Å²) >= 11 is 0. The molecule has 1 saturated heterocycles. The molecule has 2 amide bonds. The van der Waals surface area contributed by atoms with E-state index in [0.29, 0.717) is 31.9 Å². The molecular weight excluding hydrogens is 285 g/mol. The van der Waals surface area contributed by atoms with Crippen molar-refractivity contribution in [2.75, 3.05) is 26.2 Å². The Morgan fingerprint density at radius 2 is 1.55 bits per heavy atom. The van der Waals surface area contributed by atoms with Crippen LogP contribution in [0, 0.1) is 5.82 Å². The molecule has 0 atom stereocenters. The van der Waals surface area contributed by atoms with Crippen molar-refractivity contribution in [3.63, 3.8) is 0 Å². The number of aromatic nitrogens is 1. The summed E-state index contributed by atoms with van der Waals surface area (Å²) in [5.41, 5.74) is 0.612. The monoisotopic (exact) mass is 301 g/mol. The quantitative estimate of drug-likeness (QED) is 0.919. The molecule has 6 heteroatoms. The number of carbonyl (C=O) groups excluding carboxylic acids is 2. The summed E-state index contributed by atoms with van der Waals surface area (Å²) in [7, 11) is 0. The maximum Gasteiger partial charge on any atom is 0.270 e. The molecule has 1 N–H and O–H groups in total. The van der Waals surface area contributed by atoms with Crippen LogP contribution in [-0.4, -0.2) is 52.8 Å². The van der Waals surface area contributed by atoms with E-state index < -0.39 is 5.82 Å². The highest BCUT2D eigenvalue weighted by molar-refractivity contribution is 5.95. The van der Waals surface area contributed by atoms with E-state index >= 15 is 0 Å². The predicted molar refractivity (Wildman–Crippen MR) is 79.0 cm³/mol. The minimum atomic E-state index is -0.516. The van der Waals surface area contributed by atoms with Crippen LogP contribution in [0.25, 0.3) is 0 Å². The van der Waals surface area contributed by atoms with Crippen LogP contribution in [0.1, 0.15) is 20.8 Å². The average Bonchev–Trinajstić information content (AvgIpc) is 3.09. The lowest BCUT2D eigenvalue weighted by Crippen LogP contribution is -2.50. The number of halogens is 1. The van der Waals surface area contributed by atoms with Gasteiger partial charge in [0.15, 0.2) is 0 Å². The number of hydrogen-bond donors (Lipinski definition) is 1. The largest absolute Gasteiger partial charge is 0.357 e. The highest BCUT2D eigenvalue weighted by Crippen LogP contribution is 2.13. The Kier molecular flexibility index (Phi) is 3.91. The minimum Gasteiger partial charge on any atom is -0.357 e. The Bertz CT molecular complexity index is 676. The molecule has 22 heavy (non-hydrogen) atoms. The summed E-state index contributed by atoms with van der Waals surface area (Å²) in [6.07, 6.45) is 1.70. The molecule has 1 aromatic heterocycles. The lowest BCUT2D eigenvalue weighted by molar-refractivity contribution is 0.0530. The van der Waals surface area contributed by atoms with Crippen LogP contribution in [0.3, 0.4) is 0 Å². The molecule has 2 heterocycles. The number of piperazine rings is 1. The fourth-order valence-electron chi connectivity index (χ4n) is 2.55. The van der Waals surface area contributed by atoms with Gasteiger partial charge < -0.3 is 14.8 Å². The number of rotatable bonds is 2. The fraction of sp³-hybridized carbons (Fsp3) is 0.250. The molecule has 0 bridgehead atoms. The number of carbonyl (C=O) groups is 2. The molecule has 1 aromatic carbocycles. The topological polar surface area (TPSA) is 56.4 Å². The molecule has 0 saturated carbocycles. The van der Waals surface area contributed by atoms with Crippen molar-refractivity contribution in [1.82, 2.24) is 14.8 Å². The van der Waals surface area contributed by atoms with Gasteiger partial charge in [0.25, 0.3) is 11.8 Å². The van der Waals surface area contributed by atoms with Crippen molar-refractivity contribution in [2.24, 2.45) is 0 Å². The fourth-order valence-corrected chi connectivity index (χ4v) is 2.55. The van der Waals surface area contributed by atoms with Crippen LogP contribution < -0.4 is 0 Å². The van der Waals surface area contributed by atoms with E-state index in [9.17, 15) is 14.0 Å². The van der Waals surface area contributed by atoms with E-state index in [4.69, 9.17) is 0 Å². The molecule has 5 nitrogen and oxygen atoms in total. The van der Waals surface area contributed by atoms with Crippen molar-refractivity contribution >= 4 is 11.8 Å². The lowest BCUT2D eigenvalue weighted by Gasteiger charge is -2.34. The normalized spacial score (nSPS) is 15.0. The molecule has 114 valence electrons. The molecule has 0 spiro atoms. The van der Waals surface area contributed by atoms with Crippen LogP contribution in [0.15, 0.2) is 42.6 Å². The number of aromatic amines is 1. The van der Waals surface area contributed by atoms with Crippen molar-refractivity contribution in [3.8, 4) is 0 Å². The summed E-state index contributed by atoms with van der Waals surface area (Å²) < 4.78 is 13.7. The van der Waals surface area contributed by atoms with Gasteiger partial charge in [0.1, 0.15) is 11.5 Å². The van der Waals surface area contributed by atoms with E-state index in [1.165, 1.54) is 12.1 Å². The van der Waals surface area contributed by atoms with Crippen molar-refractivity contribution in [2.45, 2.75) is 0 Å². The zero-order chi connectivity index (χ0) is 15.5. The maximum atomic E-state index is 13.7. The summed E-state index contributed by atoms with van der Waals surface area (Å²) in [4.78, 5) is 30.6. The summed E-state index contributed by atoms with van der Waals surface area (Å²) in [6.45, 7) is 1.69. The van der Waals surface area contributed by atoms with Gasteiger partial charge in [0.05, 0.1) is 5.56 Å². The SMILES string of the molecule is O=C(c1ccc[nH]1)N1CCN(C(=O)c2ccccc2F)CC1. The average molecular weight is 301 g/mol. The zero-order valence-electron chi connectivity index (χ0n) is 12.0. The van der Waals surface area contributed by atoms with Crippen LogP contribution in [-0.2, 0) is 0 Å². The first-order valence-corrected chi connectivity index (χ1v) is 7.13. The first-order chi connectivity index (χ1) is 10.7.